The number of hydrogen-bond donors (Lipinski definition) is 1. The maximum atomic E-state index is 12.8. The molecule has 1 aliphatic heterocycles. The molecule has 7 nitrogen and oxygen atoms in total. The van der Waals surface area contributed by atoms with Crippen LogP contribution in [0.15, 0.2) is 28.9 Å². The number of furan rings is 1. The molecule has 126 valence electrons. The van der Waals surface area contributed by atoms with Crippen molar-refractivity contribution in [3.63, 3.8) is 0 Å². The summed E-state index contributed by atoms with van der Waals surface area (Å²) in [7, 11) is 0. The van der Waals surface area contributed by atoms with Gasteiger partial charge in [-0.3, -0.25) is 4.79 Å². The Hall–Kier alpha value is -2.70. The predicted molar refractivity (Wildman–Crippen MR) is 84.7 cm³/mol. The van der Waals surface area contributed by atoms with Crippen molar-refractivity contribution in [2.24, 2.45) is 0 Å². The molecule has 0 bridgehead atoms. The third-order valence-corrected chi connectivity index (χ3v) is 4.21. The highest BCUT2D eigenvalue weighted by atomic mass is 16.4. The number of carbonyl (C=O) groups excluding carboxylic acids is 1. The lowest BCUT2D eigenvalue weighted by Gasteiger charge is -2.34. The number of piperidine rings is 1. The first-order valence-corrected chi connectivity index (χ1v) is 8.05. The summed E-state index contributed by atoms with van der Waals surface area (Å²) in [6.45, 7) is 2.64. The van der Waals surface area contributed by atoms with Gasteiger partial charge in [-0.25, -0.2) is 14.8 Å². The highest BCUT2D eigenvalue weighted by Crippen LogP contribution is 2.33. The normalized spacial score (nSPS) is 17.7. The summed E-state index contributed by atoms with van der Waals surface area (Å²) in [6, 6.07) is 3.75. The zero-order chi connectivity index (χ0) is 17.1. The van der Waals surface area contributed by atoms with Crippen molar-refractivity contribution in [3.8, 4) is 0 Å². The van der Waals surface area contributed by atoms with Crippen molar-refractivity contribution in [2.75, 3.05) is 6.54 Å². The summed E-state index contributed by atoms with van der Waals surface area (Å²) in [6.07, 6.45) is 5.92. The molecule has 1 atom stereocenters. The van der Waals surface area contributed by atoms with Crippen LogP contribution in [0.25, 0.3) is 0 Å². The molecule has 2 aromatic rings. The molecule has 24 heavy (non-hydrogen) atoms. The molecule has 2 aromatic heterocycles. The Labute approximate surface area is 139 Å². The molecule has 7 heteroatoms. The van der Waals surface area contributed by atoms with E-state index in [1.165, 1.54) is 6.20 Å². The van der Waals surface area contributed by atoms with Gasteiger partial charge in [-0.1, -0.05) is 6.92 Å². The number of carbonyl (C=O) groups is 2. The number of rotatable bonds is 4. The first-order valence-electron chi connectivity index (χ1n) is 8.05. The Bertz CT molecular complexity index is 739. The molecular formula is C17H19N3O4. The predicted octanol–water partition coefficient (Wildman–Crippen LogP) is 2.70. The number of nitrogens with zero attached hydrogens (tertiary/aromatic N) is 3. The molecule has 0 spiro atoms. The molecule has 1 fully saturated rings. The van der Waals surface area contributed by atoms with Crippen LogP contribution in [0.5, 0.6) is 0 Å². The fourth-order valence-electron chi connectivity index (χ4n) is 2.93. The number of carboxylic acids is 1. The van der Waals surface area contributed by atoms with Gasteiger partial charge in [-0.05, 0) is 31.4 Å². The number of aryl methyl sites for hydroxylation is 1. The third kappa shape index (κ3) is 3.15. The largest absolute Gasteiger partial charge is 0.476 e. The van der Waals surface area contributed by atoms with E-state index in [1.807, 2.05) is 19.1 Å². The van der Waals surface area contributed by atoms with Crippen LogP contribution in [-0.2, 0) is 6.42 Å². The fourth-order valence-corrected chi connectivity index (χ4v) is 2.93. The Kier molecular flexibility index (Phi) is 4.59. The minimum absolute atomic E-state index is 0.118. The van der Waals surface area contributed by atoms with Gasteiger partial charge in [0.25, 0.3) is 5.91 Å². The van der Waals surface area contributed by atoms with Crippen LogP contribution < -0.4 is 0 Å². The fraction of sp³-hybridized carbons (Fsp3) is 0.412. The highest BCUT2D eigenvalue weighted by Gasteiger charge is 2.31. The molecule has 1 unspecified atom stereocenters. The van der Waals surface area contributed by atoms with Gasteiger partial charge in [0.1, 0.15) is 17.2 Å². The monoisotopic (exact) mass is 329 g/mol. The molecule has 0 radical (unpaired) electrons. The maximum absolute atomic E-state index is 12.8. The van der Waals surface area contributed by atoms with Crippen molar-refractivity contribution >= 4 is 11.9 Å². The minimum atomic E-state index is -1.17. The van der Waals surface area contributed by atoms with Crippen LogP contribution in [0.1, 0.15) is 64.7 Å². The second kappa shape index (κ2) is 6.82. The van der Waals surface area contributed by atoms with E-state index in [2.05, 4.69) is 9.97 Å². The molecule has 3 heterocycles. The summed E-state index contributed by atoms with van der Waals surface area (Å²) >= 11 is 0. The topological polar surface area (TPSA) is 96.5 Å². The van der Waals surface area contributed by atoms with Gasteiger partial charge < -0.3 is 14.4 Å². The quantitative estimate of drug-likeness (QED) is 0.926. The van der Waals surface area contributed by atoms with E-state index in [0.29, 0.717) is 6.54 Å². The van der Waals surface area contributed by atoms with Gasteiger partial charge in [0.15, 0.2) is 5.69 Å². The zero-order valence-corrected chi connectivity index (χ0v) is 13.4. The van der Waals surface area contributed by atoms with Gasteiger partial charge in [0.2, 0.25) is 0 Å². The second-order valence-corrected chi connectivity index (χ2v) is 5.76. The number of amides is 1. The zero-order valence-electron chi connectivity index (χ0n) is 13.4. The lowest BCUT2D eigenvalue weighted by Crippen LogP contribution is -2.38. The van der Waals surface area contributed by atoms with E-state index in [9.17, 15) is 9.59 Å². The van der Waals surface area contributed by atoms with Crippen LogP contribution >= 0.6 is 0 Å². The lowest BCUT2D eigenvalue weighted by atomic mass is 9.99. The average Bonchev–Trinajstić information content (AvgIpc) is 3.10. The molecule has 0 aromatic carbocycles. The van der Waals surface area contributed by atoms with Crippen molar-refractivity contribution in [2.45, 2.75) is 38.6 Å². The standard InChI is InChI=1S/C17H19N3O4/c1-2-11-6-7-15(24-11)14-5-3-4-8-20(14)16(21)12-9-19-13(10-18-12)17(22)23/h6-7,9-10,14H,2-5,8H2,1H3,(H,22,23). The van der Waals surface area contributed by atoms with Crippen LogP contribution in [0.4, 0.5) is 0 Å². The Balaban J connectivity index is 1.84. The van der Waals surface area contributed by atoms with E-state index >= 15 is 0 Å². The van der Waals surface area contributed by atoms with Gasteiger partial charge >= 0.3 is 5.97 Å². The van der Waals surface area contributed by atoms with Crippen molar-refractivity contribution in [1.82, 2.24) is 14.9 Å². The number of likely N-dealkylation sites (tertiary alicyclic amines) is 1. The Morgan fingerprint density at radius 1 is 1.25 bits per heavy atom. The molecule has 0 saturated carbocycles. The van der Waals surface area contributed by atoms with E-state index in [0.717, 1.165) is 43.4 Å². The smallest absolute Gasteiger partial charge is 0.356 e. The second-order valence-electron chi connectivity index (χ2n) is 5.76. The molecule has 0 aliphatic carbocycles. The molecular weight excluding hydrogens is 310 g/mol. The lowest BCUT2D eigenvalue weighted by molar-refractivity contribution is 0.0570. The molecule has 1 saturated heterocycles. The molecule has 1 N–H and O–H groups in total. The molecule has 1 aliphatic rings. The summed E-state index contributed by atoms with van der Waals surface area (Å²) in [5.74, 6) is 0.266. The van der Waals surface area contributed by atoms with Crippen LogP contribution in [0, 0.1) is 0 Å². The van der Waals surface area contributed by atoms with Crippen LogP contribution in [0.3, 0.4) is 0 Å². The van der Waals surface area contributed by atoms with E-state index in [4.69, 9.17) is 9.52 Å². The maximum Gasteiger partial charge on any atom is 0.356 e. The van der Waals surface area contributed by atoms with E-state index in [-0.39, 0.29) is 23.3 Å². The van der Waals surface area contributed by atoms with Crippen molar-refractivity contribution in [1.29, 1.82) is 0 Å². The van der Waals surface area contributed by atoms with Gasteiger partial charge in [0.05, 0.1) is 18.4 Å². The SMILES string of the molecule is CCc1ccc(C2CCCCN2C(=O)c2cnc(C(=O)O)cn2)o1. The summed E-state index contributed by atoms with van der Waals surface area (Å²) in [4.78, 5) is 33.1. The van der Waals surface area contributed by atoms with Gasteiger partial charge in [-0.15, -0.1) is 0 Å². The Morgan fingerprint density at radius 2 is 2.00 bits per heavy atom. The molecule has 1 amide bonds. The number of aromatic nitrogens is 2. The van der Waals surface area contributed by atoms with Gasteiger partial charge in [0, 0.05) is 13.0 Å². The first-order chi connectivity index (χ1) is 11.6. The van der Waals surface area contributed by atoms with Gasteiger partial charge in [-0.2, -0.15) is 0 Å². The minimum Gasteiger partial charge on any atom is -0.476 e. The van der Waals surface area contributed by atoms with Crippen molar-refractivity contribution < 1.29 is 19.1 Å². The first kappa shape index (κ1) is 16.2. The number of hydrogen-bond acceptors (Lipinski definition) is 5. The summed E-state index contributed by atoms with van der Waals surface area (Å²) in [5.41, 5.74) is -0.0328. The number of aromatic carboxylic acids is 1. The Morgan fingerprint density at radius 3 is 2.62 bits per heavy atom. The van der Waals surface area contributed by atoms with E-state index in [1.54, 1.807) is 4.90 Å². The van der Waals surface area contributed by atoms with Crippen molar-refractivity contribution in [3.05, 3.63) is 47.4 Å². The third-order valence-electron chi connectivity index (χ3n) is 4.21. The highest BCUT2D eigenvalue weighted by molar-refractivity contribution is 5.93. The molecule has 3 rings (SSSR count). The van der Waals surface area contributed by atoms with E-state index < -0.39 is 5.97 Å². The van der Waals surface area contributed by atoms with Crippen LogP contribution in [-0.4, -0.2) is 38.4 Å². The summed E-state index contributed by atoms with van der Waals surface area (Å²) in [5, 5.41) is 8.87. The van der Waals surface area contributed by atoms with Crippen LogP contribution in [0.2, 0.25) is 0 Å². The summed E-state index contributed by atoms with van der Waals surface area (Å²) < 4.78 is 5.83. The number of carboxylic acid groups (broad SMARTS) is 1. The average molecular weight is 329 g/mol.